The SMILES string of the molecule is Cc1c[c-]c(-n2[c-][n+](C)c3ccccc32)c(C)c1.Cc1c[c-]c(-n2[c-][n+](C)c3ccccc32)c(C)c1.[Ir].c1ccc(-c2nnn[n-]2)nc1. The Morgan fingerprint density at radius 3 is 1.60 bits per heavy atom. The standard InChI is InChI=1S/2C16H15N2.C6H4N5.Ir/c2*1-12-8-9-14(13(2)10-12)18-11-17(3)15-6-4-5-7-16(15)18;1-2-4-7-5(3-1)6-8-10-11-9-6;/h2*4-8,10H,1-3H3;1-4H;/q3*-1;. The van der Waals surface area contributed by atoms with E-state index in [1.807, 2.05) is 59.6 Å². The third-order valence-corrected chi connectivity index (χ3v) is 7.64. The molecular weight excluding hydrogens is 775 g/mol. The van der Waals surface area contributed by atoms with Crippen molar-refractivity contribution in [3.8, 4) is 22.9 Å². The zero-order valence-electron chi connectivity index (χ0n) is 27.6. The predicted molar refractivity (Wildman–Crippen MR) is 180 cm³/mol. The molecule has 0 N–H and O–H groups in total. The number of para-hydroxylation sites is 4. The van der Waals surface area contributed by atoms with E-state index in [-0.39, 0.29) is 20.1 Å². The van der Waals surface area contributed by atoms with Gasteiger partial charge in [-0.25, -0.2) is 0 Å². The summed E-state index contributed by atoms with van der Waals surface area (Å²) < 4.78 is 8.18. The summed E-state index contributed by atoms with van der Waals surface area (Å²) in [5, 5.41) is 14.0. The van der Waals surface area contributed by atoms with Gasteiger partial charge in [0.1, 0.15) is 0 Å². The average Bonchev–Trinajstić information content (AvgIpc) is 3.82. The summed E-state index contributed by atoms with van der Waals surface area (Å²) in [6.07, 6.45) is 8.33. The summed E-state index contributed by atoms with van der Waals surface area (Å²) in [5.41, 5.74) is 12.4. The van der Waals surface area contributed by atoms with Gasteiger partial charge in [0.25, 0.3) is 0 Å². The predicted octanol–water partition coefficient (Wildman–Crippen LogP) is 5.23. The molecule has 8 rings (SSSR count). The molecule has 0 aliphatic carbocycles. The van der Waals surface area contributed by atoms with Crippen LogP contribution in [-0.4, -0.2) is 29.6 Å². The van der Waals surface area contributed by atoms with Gasteiger partial charge in [0.15, 0.2) is 0 Å². The molecule has 0 unspecified atom stereocenters. The molecule has 243 valence electrons. The number of aryl methyl sites for hydroxylation is 6. The smallest absolute Gasteiger partial charge is 0.242 e. The van der Waals surface area contributed by atoms with Crippen molar-refractivity contribution >= 4 is 22.1 Å². The Hall–Kier alpha value is -5.31. The minimum absolute atomic E-state index is 0. The van der Waals surface area contributed by atoms with Gasteiger partial charge in [-0.05, 0) is 12.1 Å². The number of aromatic nitrogens is 9. The molecule has 1 radical (unpaired) electrons. The van der Waals surface area contributed by atoms with E-state index in [1.54, 1.807) is 12.3 Å². The van der Waals surface area contributed by atoms with Crippen LogP contribution >= 0.6 is 0 Å². The van der Waals surface area contributed by atoms with E-state index in [9.17, 15) is 0 Å². The molecule has 0 saturated heterocycles. The third-order valence-electron chi connectivity index (χ3n) is 7.64. The van der Waals surface area contributed by atoms with Crippen molar-refractivity contribution in [1.29, 1.82) is 0 Å². The zero-order valence-corrected chi connectivity index (χ0v) is 30.0. The molecule has 0 fully saturated rings. The number of hydrogen-bond donors (Lipinski definition) is 0. The minimum Gasteiger partial charge on any atom is -0.341 e. The molecule has 0 atom stereocenters. The largest absolute Gasteiger partial charge is 0.341 e. The van der Waals surface area contributed by atoms with Crippen LogP contribution in [0.15, 0.2) is 97.2 Å². The molecule has 0 amide bonds. The maximum absolute atomic E-state index is 4.02. The van der Waals surface area contributed by atoms with Gasteiger partial charge in [-0.3, -0.25) is 15.3 Å². The molecule has 10 heteroatoms. The van der Waals surface area contributed by atoms with Gasteiger partial charge < -0.3 is 23.4 Å². The molecule has 0 aliphatic rings. The fourth-order valence-electron chi connectivity index (χ4n) is 5.45. The van der Waals surface area contributed by atoms with Crippen LogP contribution in [0.1, 0.15) is 22.3 Å². The topological polar surface area (TPSA) is 83.3 Å². The van der Waals surface area contributed by atoms with Gasteiger partial charge in [-0.2, -0.15) is 63.9 Å². The number of rotatable bonds is 3. The Balaban J connectivity index is 0.000000144. The molecule has 0 saturated carbocycles. The first-order valence-corrected chi connectivity index (χ1v) is 15.2. The van der Waals surface area contributed by atoms with E-state index >= 15 is 0 Å². The van der Waals surface area contributed by atoms with Crippen LogP contribution in [0.4, 0.5) is 0 Å². The van der Waals surface area contributed by atoms with Gasteiger partial charge in [0.2, 0.25) is 12.7 Å². The van der Waals surface area contributed by atoms with Gasteiger partial charge in [-0.1, -0.05) is 93.7 Å². The van der Waals surface area contributed by atoms with E-state index in [0.29, 0.717) is 11.5 Å². The number of nitrogens with zero attached hydrogens (tertiary/aromatic N) is 9. The Morgan fingerprint density at radius 2 is 1.17 bits per heavy atom. The zero-order chi connectivity index (χ0) is 32.9. The average molecular weight is 809 g/mol. The van der Waals surface area contributed by atoms with E-state index in [1.165, 1.54) is 33.3 Å². The first-order valence-electron chi connectivity index (χ1n) is 15.2. The fraction of sp³-hybridized carbons (Fsp3) is 0.158. The van der Waals surface area contributed by atoms with Crippen molar-refractivity contribution in [3.63, 3.8) is 0 Å². The van der Waals surface area contributed by atoms with E-state index in [2.05, 4.69) is 136 Å². The molecule has 48 heavy (non-hydrogen) atoms. The minimum atomic E-state index is 0. The maximum atomic E-state index is 4.02. The van der Waals surface area contributed by atoms with Crippen LogP contribution in [0.3, 0.4) is 0 Å². The second-order valence-electron chi connectivity index (χ2n) is 11.3. The molecule has 0 bridgehead atoms. The first-order chi connectivity index (χ1) is 22.8. The van der Waals surface area contributed by atoms with Crippen molar-refractivity contribution in [2.45, 2.75) is 27.7 Å². The quantitative estimate of drug-likeness (QED) is 0.181. The second kappa shape index (κ2) is 15.1. The Labute approximate surface area is 293 Å². The summed E-state index contributed by atoms with van der Waals surface area (Å²) in [5.74, 6) is 0.464. The number of tetrazole rings is 1. The number of pyridine rings is 1. The van der Waals surface area contributed by atoms with Gasteiger partial charge in [-0.15, -0.1) is 0 Å². The maximum Gasteiger partial charge on any atom is 0.242 e. The van der Waals surface area contributed by atoms with Crippen LogP contribution in [0.2, 0.25) is 0 Å². The Kier molecular flexibility index (Phi) is 10.7. The van der Waals surface area contributed by atoms with Crippen molar-refractivity contribution in [2.75, 3.05) is 0 Å². The number of hydrogen-bond acceptors (Lipinski definition) is 4. The van der Waals surface area contributed by atoms with Crippen LogP contribution in [0, 0.1) is 52.5 Å². The van der Waals surface area contributed by atoms with E-state index < -0.39 is 0 Å². The van der Waals surface area contributed by atoms with E-state index in [4.69, 9.17) is 0 Å². The monoisotopic (exact) mass is 809 g/mol. The van der Waals surface area contributed by atoms with Gasteiger partial charge in [0.05, 0.1) is 47.7 Å². The van der Waals surface area contributed by atoms with E-state index in [0.717, 1.165) is 22.4 Å². The molecule has 0 aliphatic heterocycles. The summed E-state index contributed by atoms with van der Waals surface area (Å²) in [6.45, 7) is 8.40. The van der Waals surface area contributed by atoms with Crippen molar-refractivity contribution in [3.05, 3.63) is 144 Å². The Bertz CT molecular complexity index is 2140. The number of fused-ring (bicyclic) bond motifs is 2. The second-order valence-corrected chi connectivity index (χ2v) is 11.3. The van der Waals surface area contributed by atoms with Gasteiger partial charge >= 0.3 is 0 Å². The van der Waals surface area contributed by atoms with Crippen LogP contribution in [0.25, 0.3) is 45.0 Å². The molecule has 4 heterocycles. The number of benzene rings is 4. The summed E-state index contributed by atoms with van der Waals surface area (Å²) >= 11 is 0. The molecular formula is C38H34IrN9-3. The molecule has 8 aromatic rings. The third kappa shape index (κ3) is 7.30. The summed E-state index contributed by atoms with van der Waals surface area (Å²) in [6, 6.07) is 37.2. The van der Waals surface area contributed by atoms with Crippen molar-refractivity contribution < 1.29 is 29.2 Å². The van der Waals surface area contributed by atoms with Gasteiger partial charge in [0, 0.05) is 26.3 Å². The fourth-order valence-corrected chi connectivity index (χ4v) is 5.45. The molecule has 9 nitrogen and oxygen atoms in total. The Morgan fingerprint density at radius 1 is 0.667 bits per heavy atom. The number of imidazole rings is 2. The molecule has 4 aromatic carbocycles. The summed E-state index contributed by atoms with van der Waals surface area (Å²) in [7, 11) is 4.03. The van der Waals surface area contributed by atoms with Crippen LogP contribution < -0.4 is 14.2 Å². The van der Waals surface area contributed by atoms with Crippen LogP contribution in [0.5, 0.6) is 0 Å². The van der Waals surface area contributed by atoms with Crippen LogP contribution in [-0.2, 0) is 34.2 Å². The first kappa shape index (κ1) is 34.0. The normalized spacial score (nSPS) is 10.5. The summed E-state index contributed by atoms with van der Waals surface area (Å²) in [4.78, 5) is 4.02. The molecule has 0 spiro atoms. The van der Waals surface area contributed by atoms with Crippen molar-refractivity contribution in [2.24, 2.45) is 14.1 Å². The molecule has 4 aromatic heterocycles. The van der Waals surface area contributed by atoms with Crippen molar-refractivity contribution in [1.82, 2.24) is 34.7 Å².